The van der Waals surface area contributed by atoms with Crippen molar-refractivity contribution in [1.29, 1.82) is 5.26 Å². The van der Waals surface area contributed by atoms with Crippen molar-refractivity contribution in [3.05, 3.63) is 117 Å². The van der Waals surface area contributed by atoms with Crippen LogP contribution in [-0.4, -0.2) is 0 Å². The molecule has 0 fully saturated rings. The summed E-state index contributed by atoms with van der Waals surface area (Å²) in [6, 6.07) is 28.8. The second-order valence-corrected chi connectivity index (χ2v) is 7.75. The Balaban J connectivity index is 1.74. The Hall–Kier alpha value is -3.19. The van der Waals surface area contributed by atoms with Crippen LogP contribution >= 0.6 is 11.3 Å². The van der Waals surface area contributed by atoms with Gasteiger partial charge in [-0.2, -0.15) is 16.6 Å². The molecule has 1 atom stereocenters. The minimum atomic E-state index is -0.183. The van der Waals surface area contributed by atoms with E-state index in [4.69, 9.17) is 4.74 Å². The van der Waals surface area contributed by atoms with E-state index in [0.717, 1.165) is 33.4 Å². The first-order valence-corrected chi connectivity index (χ1v) is 10.5. The molecule has 142 valence electrons. The van der Waals surface area contributed by atoms with Gasteiger partial charge in [0.2, 0.25) is 0 Å². The number of rotatable bonds is 6. The lowest BCUT2D eigenvalue weighted by Crippen LogP contribution is -2.06. The van der Waals surface area contributed by atoms with Crippen LogP contribution in [0.25, 0.3) is 11.1 Å². The normalized spacial score (nSPS) is 11.7. The number of hydrogen-bond acceptors (Lipinski definition) is 3. The van der Waals surface area contributed by atoms with Crippen molar-refractivity contribution >= 4 is 11.3 Å². The Kier molecular flexibility index (Phi) is 5.86. The Morgan fingerprint density at radius 3 is 2.41 bits per heavy atom. The zero-order valence-corrected chi connectivity index (χ0v) is 17.0. The summed E-state index contributed by atoms with van der Waals surface area (Å²) in [5.74, 6) is 0. The van der Waals surface area contributed by atoms with Crippen LogP contribution in [0.3, 0.4) is 0 Å². The molecule has 4 rings (SSSR count). The third kappa shape index (κ3) is 4.30. The molecule has 0 amide bonds. The lowest BCUT2D eigenvalue weighted by atomic mass is 9.92. The van der Waals surface area contributed by atoms with Crippen molar-refractivity contribution in [3.8, 4) is 17.2 Å². The van der Waals surface area contributed by atoms with Gasteiger partial charge in [-0.1, -0.05) is 60.7 Å². The molecule has 3 aromatic carbocycles. The van der Waals surface area contributed by atoms with Gasteiger partial charge in [0, 0.05) is 5.56 Å². The molecule has 1 aromatic heterocycles. The summed E-state index contributed by atoms with van der Waals surface area (Å²) in [4.78, 5) is 0. The van der Waals surface area contributed by atoms with Crippen molar-refractivity contribution in [1.82, 2.24) is 0 Å². The van der Waals surface area contributed by atoms with Gasteiger partial charge in [0.15, 0.2) is 0 Å². The predicted octanol–water partition coefficient (Wildman–Crippen LogP) is 6.90. The number of thiophene rings is 1. The topological polar surface area (TPSA) is 33.0 Å². The fraction of sp³-hybridized carbons (Fsp3) is 0.115. The minimum absolute atomic E-state index is 0.183. The van der Waals surface area contributed by atoms with Gasteiger partial charge in [0.05, 0.1) is 18.2 Å². The predicted molar refractivity (Wildman–Crippen MR) is 119 cm³/mol. The Labute approximate surface area is 175 Å². The van der Waals surface area contributed by atoms with E-state index in [1.165, 1.54) is 0 Å². The van der Waals surface area contributed by atoms with E-state index in [1.807, 2.05) is 42.5 Å². The van der Waals surface area contributed by atoms with Gasteiger partial charge in [-0.15, -0.1) is 0 Å². The maximum Gasteiger partial charge on any atom is 0.109 e. The molecule has 3 heteroatoms. The lowest BCUT2D eigenvalue weighted by molar-refractivity contribution is 0.0670. The summed E-state index contributed by atoms with van der Waals surface area (Å²) in [6.07, 6.45) is -0.183. The molecule has 0 aliphatic rings. The zero-order valence-electron chi connectivity index (χ0n) is 16.2. The molecule has 0 N–H and O–H groups in total. The van der Waals surface area contributed by atoms with Crippen molar-refractivity contribution < 1.29 is 4.74 Å². The second kappa shape index (κ2) is 8.87. The highest BCUT2D eigenvalue weighted by Gasteiger charge is 2.18. The van der Waals surface area contributed by atoms with Gasteiger partial charge in [-0.3, -0.25) is 0 Å². The SMILES string of the molecule is Cc1ccccc1-c1cc(C(OCc2ccccc2)c2ccsc2)ccc1C#N. The monoisotopic (exact) mass is 395 g/mol. The van der Waals surface area contributed by atoms with Crippen LogP contribution in [0.15, 0.2) is 89.6 Å². The summed E-state index contributed by atoms with van der Waals surface area (Å²) >= 11 is 1.66. The van der Waals surface area contributed by atoms with Crippen LogP contribution in [0.1, 0.15) is 33.9 Å². The third-order valence-electron chi connectivity index (χ3n) is 5.01. The van der Waals surface area contributed by atoms with Gasteiger partial charge in [-0.05, 0) is 63.7 Å². The van der Waals surface area contributed by atoms with Gasteiger partial charge in [0.25, 0.3) is 0 Å². The zero-order chi connectivity index (χ0) is 20.1. The van der Waals surface area contributed by atoms with Crippen LogP contribution in [0.4, 0.5) is 0 Å². The van der Waals surface area contributed by atoms with Gasteiger partial charge < -0.3 is 4.74 Å². The molecule has 0 saturated heterocycles. The highest BCUT2D eigenvalue weighted by Crippen LogP contribution is 2.34. The van der Waals surface area contributed by atoms with Crippen molar-refractivity contribution in [3.63, 3.8) is 0 Å². The number of hydrogen-bond donors (Lipinski definition) is 0. The molecule has 0 bridgehead atoms. The lowest BCUT2D eigenvalue weighted by Gasteiger charge is -2.20. The molecule has 2 nitrogen and oxygen atoms in total. The van der Waals surface area contributed by atoms with Gasteiger partial charge in [0.1, 0.15) is 6.10 Å². The summed E-state index contributed by atoms with van der Waals surface area (Å²) in [7, 11) is 0. The Morgan fingerprint density at radius 1 is 0.897 bits per heavy atom. The van der Waals surface area contributed by atoms with E-state index >= 15 is 0 Å². The number of nitrogens with zero attached hydrogens (tertiary/aromatic N) is 1. The average molecular weight is 396 g/mol. The smallest absolute Gasteiger partial charge is 0.109 e. The van der Waals surface area contributed by atoms with E-state index in [2.05, 4.69) is 60.2 Å². The largest absolute Gasteiger partial charge is 0.364 e. The van der Waals surface area contributed by atoms with E-state index in [9.17, 15) is 5.26 Å². The average Bonchev–Trinajstić information content (AvgIpc) is 3.29. The first-order valence-electron chi connectivity index (χ1n) is 9.54. The van der Waals surface area contributed by atoms with Crippen LogP contribution in [0.2, 0.25) is 0 Å². The Morgan fingerprint density at radius 2 is 1.69 bits per heavy atom. The van der Waals surface area contributed by atoms with E-state index in [-0.39, 0.29) is 6.10 Å². The van der Waals surface area contributed by atoms with E-state index in [1.54, 1.807) is 11.3 Å². The summed E-state index contributed by atoms with van der Waals surface area (Å²) in [5, 5.41) is 13.9. The van der Waals surface area contributed by atoms with Crippen LogP contribution < -0.4 is 0 Å². The number of benzene rings is 3. The van der Waals surface area contributed by atoms with Crippen molar-refractivity contribution in [2.75, 3.05) is 0 Å². The number of ether oxygens (including phenoxy) is 1. The molecule has 29 heavy (non-hydrogen) atoms. The summed E-state index contributed by atoms with van der Waals surface area (Å²) in [6.45, 7) is 2.60. The molecule has 0 aliphatic heterocycles. The van der Waals surface area contributed by atoms with E-state index in [0.29, 0.717) is 12.2 Å². The second-order valence-electron chi connectivity index (χ2n) is 6.97. The highest BCUT2D eigenvalue weighted by atomic mass is 32.1. The standard InChI is InChI=1S/C26H21NOS/c1-19-7-5-6-10-24(19)25-15-21(11-12-22(25)16-27)26(23-13-14-29-18-23)28-17-20-8-3-2-4-9-20/h2-15,18,26H,17H2,1H3. The summed E-state index contributed by atoms with van der Waals surface area (Å²) < 4.78 is 6.38. The Bertz CT molecular complexity index is 1130. The summed E-state index contributed by atoms with van der Waals surface area (Å²) in [5.41, 5.74) is 7.18. The van der Waals surface area contributed by atoms with Crippen LogP contribution in [0, 0.1) is 18.3 Å². The minimum Gasteiger partial charge on any atom is -0.364 e. The van der Waals surface area contributed by atoms with E-state index < -0.39 is 0 Å². The van der Waals surface area contributed by atoms with Crippen molar-refractivity contribution in [2.24, 2.45) is 0 Å². The molecule has 1 heterocycles. The maximum absolute atomic E-state index is 9.66. The molecule has 1 unspecified atom stereocenters. The fourth-order valence-corrected chi connectivity index (χ4v) is 4.16. The first kappa shape index (κ1) is 19.1. The molecule has 0 spiro atoms. The molecule has 0 saturated carbocycles. The van der Waals surface area contributed by atoms with Crippen LogP contribution in [0.5, 0.6) is 0 Å². The quantitative estimate of drug-likeness (QED) is 0.356. The van der Waals surface area contributed by atoms with Crippen LogP contribution in [-0.2, 0) is 11.3 Å². The molecular weight excluding hydrogens is 374 g/mol. The van der Waals surface area contributed by atoms with Gasteiger partial charge >= 0.3 is 0 Å². The third-order valence-corrected chi connectivity index (χ3v) is 5.71. The van der Waals surface area contributed by atoms with Gasteiger partial charge in [-0.25, -0.2) is 0 Å². The first-order chi connectivity index (χ1) is 14.3. The number of aryl methyl sites for hydroxylation is 1. The molecular formula is C26H21NOS. The molecule has 0 radical (unpaired) electrons. The number of nitriles is 1. The fourth-order valence-electron chi connectivity index (χ4n) is 3.48. The van der Waals surface area contributed by atoms with Crippen molar-refractivity contribution in [2.45, 2.75) is 19.6 Å². The maximum atomic E-state index is 9.66. The molecule has 4 aromatic rings. The highest BCUT2D eigenvalue weighted by molar-refractivity contribution is 7.08. The molecule has 0 aliphatic carbocycles.